The number of cyclic esters (lactones) is 1. The normalized spacial score (nSPS) is 28.8. The first-order valence-electron chi connectivity index (χ1n) is 19.9. The minimum Gasteiger partial charge on any atom is -0.497 e. The van der Waals surface area contributed by atoms with E-state index in [4.69, 9.17) is 9.47 Å². The zero-order valence-corrected chi connectivity index (χ0v) is 34.4. The average Bonchev–Trinajstić information content (AvgIpc) is 3.19. The Bertz CT molecular complexity index is 1640. The van der Waals surface area contributed by atoms with Gasteiger partial charge >= 0.3 is 5.97 Å². The van der Waals surface area contributed by atoms with Crippen molar-refractivity contribution in [2.75, 3.05) is 20.7 Å². The van der Waals surface area contributed by atoms with Crippen molar-refractivity contribution in [3.8, 4) is 5.75 Å². The lowest BCUT2D eigenvalue weighted by atomic mass is 9.85. The van der Waals surface area contributed by atoms with Crippen LogP contribution in [0.1, 0.15) is 78.7 Å². The smallest absolute Gasteiger partial charge is 0.325 e. The summed E-state index contributed by atoms with van der Waals surface area (Å²) in [6.07, 6.45) is 10.8. The van der Waals surface area contributed by atoms with Gasteiger partial charge in [0.1, 0.15) is 29.9 Å². The fourth-order valence-corrected chi connectivity index (χ4v) is 6.78. The number of hydrogen-bond donors (Lipinski definition) is 6. The Morgan fingerprint density at radius 2 is 1.82 bits per heavy atom. The third-order valence-corrected chi connectivity index (χ3v) is 10.3. The number of amides is 3. The van der Waals surface area contributed by atoms with Crippen LogP contribution in [0, 0.1) is 17.8 Å². The van der Waals surface area contributed by atoms with Crippen LogP contribution < -0.4 is 26.1 Å². The molecule has 1 fully saturated rings. The highest BCUT2D eigenvalue weighted by atomic mass is 16.5. The van der Waals surface area contributed by atoms with Crippen molar-refractivity contribution < 1.29 is 43.7 Å². The first-order valence-corrected chi connectivity index (χ1v) is 19.9. The van der Waals surface area contributed by atoms with E-state index < -0.39 is 60.3 Å². The van der Waals surface area contributed by atoms with Gasteiger partial charge < -0.3 is 35.1 Å². The maximum atomic E-state index is 14.4. The van der Waals surface area contributed by atoms with Crippen LogP contribution in [-0.4, -0.2) is 102 Å². The second-order valence-corrected chi connectivity index (χ2v) is 15.3. The van der Waals surface area contributed by atoms with E-state index in [1.807, 2.05) is 51.1 Å². The minimum absolute atomic E-state index is 0.0930. The number of ether oxygens (including phenoxy) is 2. The van der Waals surface area contributed by atoms with Crippen LogP contribution in [-0.2, 0) is 35.1 Å². The number of carbonyl (C=O) groups excluding carboxylic acids is 5. The highest BCUT2D eigenvalue weighted by molar-refractivity contribution is 5.87. The van der Waals surface area contributed by atoms with Crippen LogP contribution in [0.3, 0.4) is 0 Å². The lowest BCUT2D eigenvalue weighted by molar-refractivity contribution is -0.155. The van der Waals surface area contributed by atoms with Crippen LogP contribution in [0.25, 0.3) is 0 Å². The molecule has 3 amide bonds. The zero-order valence-electron chi connectivity index (χ0n) is 34.4. The predicted molar refractivity (Wildman–Crippen MR) is 217 cm³/mol. The second-order valence-electron chi connectivity index (χ2n) is 15.3. The third kappa shape index (κ3) is 15.0. The molecule has 14 heteroatoms. The molecule has 0 radical (unpaired) electrons. The van der Waals surface area contributed by atoms with Crippen LogP contribution in [0.4, 0.5) is 0 Å². The molecule has 6 N–H and O–H groups in total. The number of ketones is 1. The third-order valence-electron chi connectivity index (χ3n) is 10.3. The lowest BCUT2D eigenvalue weighted by Crippen LogP contribution is -2.63. The minimum atomic E-state index is -1.41. The van der Waals surface area contributed by atoms with Crippen molar-refractivity contribution in [3.05, 3.63) is 77.9 Å². The Kier molecular flexibility index (Phi) is 19.3. The molecule has 57 heavy (non-hydrogen) atoms. The number of fused-ring (bicyclic) bond motifs is 2. The van der Waals surface area contributed by atoms with Gasteiger partial charge in [0.05, 0.1) is 31.2 Å². The molecule has 1 aromatic carbocycles. The number of methoxy groups -OCH3 is 1. The van der Waals surface area contributed by atoms with Gasteiger partial charge in [0, 0.05) is 32.5 Å². The number of esters is 1. The Morgan fingerprint density at radius 3 is 2.49 bits per heavy atom. The number of hydrazine groups is 1. The highest BCUT2D eigenvalue weighted by Gasteiger charge is 2.38. The van der Waals surface area contributed by atoms with E-state index in [1.54, 1.807) is 44.4 Å². The van der Waals surface area contributed by atoms with E-state index in [9.17, 15) is 34.2 Å². The first kappa shape index (κ1) is 46.8. The molecule has 0 aliphatic carbocycles. The van der Waals surface area contributed by atoms with Crippen LogP contribution >= 0.6 is 0 Å². The average molecular weight is 794 g/mol. The SMILES string of the molecule is CNC(=O)/C=C/C=C(\C)[C@@H]1C/C=C/C=C/C[C@H](C)[C@@H](O)[C@@H](CCC(C)=O)C(=O)N[C@@H](C(C)C)C(O)N[C@@H](Cc2cccc(OC)c2)C(=O)N2CCCC(N2)C(=O)O1. The number of aliphatic hydroxyl groups excluding tert-OH is 2. The number of likely N-dealkylation sites (N-methyl/N-ethyl adjacent to an activating group) is 1. The molecular formula is C43H63N5O9. The molecule has 314 valence electrons. The van der Waals surface area contributed by atoms with Gasteiger partial charge in [0.25, 0.3) is 5.91 Å². The molecular weight excluding hydrogens is 730 g/mol. The van der Waals surface area contributed by atoms with Crippen molar-refractivity contribution in [2.24, 2.45) is 17.8 Å². The van der Waals surface area contributed by atoms with E-state index in [0.717, 1.165) is 5.56 Å². The molecule has 3 rings (SSSR count). The predicted octanol–water partition coefficient (Wildman–Crippen LogP) is 3.20. The van der Waals surface area contributed by atoms with E-state index >= 15 is 0 Å². The molecule has 2 heterocycles. The van der Waals surface area contributed by atoms with Gasteiger partial charge in [-0.15, -0.1) is 0 Å². The fraction of sp³-hybridized carbons (Fsp3) is 0.558. The van der Waals surface area contributed by atoms with Crippen molar-refractivity contribution in [3.63, 3.8) is 0 Å². The molecule has 14 nitrogen and oxygen atoms in total. The monoisotopic (exact) mass is 793 g/mol. The van der Waals surface area contributed by atoms with Crippen LogP contribution in [0.15, 0.2) is 72.4 Å². The molecule has 8 atom stereocenters. The Balaban J connectivity index is 2.06. The number of allylic oxidation sites excluding steroid dienone is 5. The standard InChI is InChI=1S/C43H63N5O9/c1-27(2)38-41(53)45-35(26-31-17-13-18-32(25-31)56-7)42(54)48-24-14-19-34(47-48)43(55)57-36(28(3)16-12-21-37(50)44-6)20-11-9-8-10-15-29(4)39(51)33(40(52)46-38)23-22-30(5)49/h8-13,16-18,21,25,27,29,33-36,38-39,41,45,47,51,53H,14-15,19-20,22-24,26H2,1-7H3,(H,44,50)(H,46,52)/b10-8+,11-9+,21-12+,28-16+/t29-,33+,34?,35-,36-,38-,39+,41?/m0/s1. The summed E-state index contributed by atoms with van der Waals surface area (Å²) in [5, 5.41) is 33.1. The number of benzene rings is 1. The summed E-state index contributed by atoms with van der Waals surface area (Å²) < 4.78 is 11.5. The molecule has 2 unspecified atom stereocenters. The van der Waals surface area contributed by atoms with E-state index in [0.29, 0.717) is 37.0 Å². The fourth-order valence-electron chi connectivity index (χ4n) is 6.78. The van der Waals surface area contributed by atoms with Crippen molar-refractivity contribution >= 4 is 29.5 Å². The molecule has 0 saturated carbocycles. The topological polar surface area (TPSA) is 196 Å². The van der Waals surface area contributed by atoms with Crippen LogP contribution in [0.5, 0.6) is 5.75 Å². The summed E-state index contributed by atoms with van der Waals surface area (Å²) >= 11 is 0. The molecule has 0 aromatic heterocycles. The quantitative estimate of drug-likeness (QED) is 0.116. The zero-order chi connectivity index (χ0) is 42.1. The molecule has 2 aliphatic heterocycles. The van der Waals surface area contributed by atoms with Gasteiger partial charge in [0.2, 0.25) is 11.8 Å². The number of nitrogens with one attached hydrogen (secondary N) is 4. The molecule has 0 spiro atoms. The number of aliphatic hydroxyl groups is 2. The van der Waals surface area contributed by atoms with Gasteiger partial charge in [-0.2, -0.15) is 0 Å². The Hall–Kier alpha value is -4.63. The molecule has 1 saturated heterocycles. The number of carbonyl (C=O) groups is 5. The van der Waals surface area contributed by atoms with Gasteiger partial charge in [-0.05, 0) is 81.1 Å². The van der Waals surface area contributed by atoms with E-state index in [-0.39, 0.29) is 49.3 Å². The van der Waals surface area contributed by atoms with Crippen molar-refractivity contribution in [1.29, 1.82) is 0 Å². The van der Waals surface area contributed by atoms with Gasteiger partial charge in [0.15, 0.2) is 0 Å². The number of Topliss-reactive ketones (excluding diaryl/α,β-unsaturated/α-hetero) is 1. The lowest BCUT2D eigenvalue weighted by Gasteiger charge is -2.37. The number of rotatable bonds is 10. The Morgan fingerprint density at radius 1 is 1.11 bits per heavy atom. The maximum Gasteiger partial charge on any atom is 0.325 e. The summed E-state index contributed by atoms with van der Waals surface area (Å²) in [5.74, 6) is -2.92. The molecule has 2 bridgehead atoms. The summed E-state index contributed by atoms with van der Waals surface area (Å²) in [7, 11) is 3.07. The van der Waals surface area contributed by atoms with Gasteiger partial charge in [-0.3, -0.25) is 29.5 Å². The van der Waals surface area contributed by atoms with Gasteiger partial charge in [-0.25, -0.2) is 5.43 Å². The summed E-state index contributed by atoms with van der Waals surface area (Å²) in [6.45, 7) is 9.00. The van der Waals surface area contributed by atoms with E-state index in [2.05, 4.69) is 21.4 Å². The number of nitrogens with zero attached hydrogens (tertiary/aromatic N) is 1. The maximum absolute atomic E-state index is 14.4. The van der Waals surface area contributed by atoms with E-state index in [1.165, 1.54) is 25.1 Å². The molecule has 2 aliphatic rings. The summed E-state index contributed by atoms with van der Waals surface area (Å²) in [5.41, 5.74) is 4.50. The van der Waals surface area contributed by atoms with Crippen LogP contribution in [0.2, 0.25) is 0 Å². The largest absolute Gasteiger partial charge is 0.497 e. The first-order chi connectivity index (χ1) is 27.1. The highest BCUT2D eigenvalue weighted by Crippen LogP contribution is 2.24. The Labute approximate surface area is 337 Å². The summed E-state index contributed by atoms with van der Waals surface area (Å²) in [6, 6.07) is 4.46. The van der Waals surface area contributed by atoms with Crippen molar-refractivity contribution in [2.45, 2.75) is 116 Å². The van der Waals surface area contributed by atoms with Crippen molar-refractivity contribution in [1.82, 2.24) is 26.4 Å². The van der Waals surface area contributed by atoms with Gasteiger partial charge in [-0.1, -0.05) is 69.4 Å². The second kappa shape index (κ2) is 23.6. The summed E-state index contributed by atoms with van der Waals surface area (Å²) in [4.78, 5) is 65.9. The number of hydrogen-bond acceptors (Lipinski definition) is 11. The molecule has 1 aromatic rings.